The summed E-state index contributed by atoms with van der Waals surface area (Å²) in [6, 6.07) is 5.84. The molecule has 0 bridgehead atoms. The molecule has 96 valence electrons. The summed E-state index contributed by atoms with van der Waals surface area (Å²) in [7, 11) is 0. The van der Waals surface area contributed by atoms with Gasteiger partial charge in [0.2, 0.25) is 0 Å². The lowest BCUT2D eigenvalue weighted by Crippen LogP contribution is -2.26. The summed E-state index contributed by atoms with van der Waals surface area (Å²) in [5.74, 6) is 0. The van der Waals surface area contributed by atoms with Gasteiger partial charge in [0, 0.05) is 0 Å². The van der Waals surface area contributed by atoms with Gasteiger partial charge in [0.15, 0.2) is 0 Å². The van der Waals surface area contributed by atoms with E-state index in [4.69, 9.17) is 27.9 Å². The van der Waals surface area contributed by atoms with Crippen LogP contribution >= 0.6 is 23.2 Å². The molecule has 2 nitrogen and oxygen atoms in total. The zero-order chi connectivity index (χ0) is 12.8. The predicted molar refractivity (Wildman–Crippen MR) is 74.0 cm³/mol. The molecule has 0 radical (unpaired) electrons. The Labute approximate surface area is 113 Å². The Hall–Kier alpha value is -0.280. The van der Waals surface area contributed by atoms with E-state index in [1.54, 1.807) is 0 Å². The minimum atomic E-state index is 0.150. The second-order valence-corrected chi connectivity index (χ2v) is 4.98. The fourth-order valence-electron chi connectivity index (χ4n) is 1.54. The van der Waals surface area contributed by atoms with Crippen LogP contribution in [-0.2, 0) is 4.74 Å². The van der Waals surface area contributed by atoms with Gasteiger partial charge in [-0.2, -0.15) is 0 Å². The van der Waals surface area contributed by atoms with Crippen molar-refractivity contribution in [2.75, 3.05) is 13.2 Å². The van der Waals surface area contributed by atoms with E-state index in [0.717, 1.165) is 12.1 Å². The second kappa shape index (κ2) is 7.22. The summed E-state index contributed by atoms with van der Waals surface area (Å²) in [6.45, 7) is 7.63. The molecule has 0 aliphatic carbocycles. The quantitative estimate of drug-likeness (QED) is 0.845. The van der Waals surface area contributed by atoms with Crippen LogP contribution in [-0.4, -0.2) is 19.3 Å². The van der Waals surface area contributed by atoms with Crippen LogP contribution < -0.4 is 5.32 Å². The molecule has 0 aliphatic heterocycles. The summed E-state index contributed by atoms with van der Waals surface area (Å²) in [6.07, 6.45) is 0.221. The standard InChI is InChI=1S/C13H19Cl2NO/c1-4-16-13(8-17-9(2)3)10-5-6-11(14)12(15)7-10/h5-7,9,13,16H,4,8H2,1-3H3. The molecule has 0 spiro atoms. The van der Waals surface area contributed by atoms with E-state index in [1.807, 2.05) is 32.0 Å². The number of hydrogen-bond donors (Lipinski definition) is 1. The summed E-state index contributed by atoms with van der Waals surface area (Å²) in [5.41, 5.74) is 1.10. The Morgan fingerprint density at radius 1 is 1.24 bits per heavy atom. The third-order valence-electron chi connectivity index (χ3n) is 2.39. The van der Waals surface area contributed by atoms with Gasteiger partial charge < -0.3 is 10.1 Å². The fraction of sp³-hybridized carbons (Fsp3) is 0.538. The molecule has 0 aromatic heterocycles. The Bertz CT molecular complexity index is 355. The minimum Gasteiger partial charge on any atom is -0.377 e. The molecule has 0 saturated carbocycles. The van der Waals surface area contributed by atoms with Crippen LogP contribution in [0.2, 0.25) is 10.0 Å². The summed E-state index contributed by atoms with van der Waals surface area (Å²) in [4.78, 5) is 0. The van der Waals surface area contributed by atoms with E-state index in [2.05, 4.69) is 12.2 Å². The van der Waals surface area contributed by atoms with Crippen LogP contribution in [0.15, 0.2) is 18.2 Å². The fourth-order valence-corrected chi connectivity index (χ4v) is 1.84. The highest BCUT2D eigenvalue weighted by Crippen LogP contribution is 2.25. The molecule has 0 aliphatic rings. The van der Waals surface area contributed by atoms with Gasteiger partial charge in [0.05, 0.1) is 28.8 Å². The van der Waals surface area contributed by atoms with Crippen LogP contribution in [0.1, 0.15) is 32.4 Å². The van der Waals surface area contributed by atoms with Crippen molar-refractivity contribution in [1.82, 2.24) is 5.32 Å². The van der Waals surface area contributed by atoms with Gasteiger partial charge in [-0.15, -0.1) is 0 Å². The highest BCUT2D eigenvalue weighted by Gasteiger charge is 2.12. The molecule has 0 saturated heterocycles. The van der Waals surface area contributed by atoms with Crippen molar-refractivity contribution in [3.8, 4) is 0 Å². The zero-order valence-corrected chi connectivity index (χ0v) is 12.0. The highest BCUT2D eigenvalue weighted by molar-refractivity contribution is 6.42. The first-order chi connectivity index (χ1) is 8.04. The molecule has 1 aromatic rings. The first-order valence-corrected chi connectivity index (χ1v) is 6.60. The van der Waals surface area contributed by atoms with E-state index < -0.39 is 0 Å². The van der Waals surface area contributed by atoms with Gasteiger partial charge in [-0.05, 0) is 38.1 Å². The van der Waals surface area contributed by atoms with Crippen LogP contribution in [0.4, 0.5) is 0 Å². The van der Waals surface area contributed by atoms with Crippen molar-refractivity contribution in [2.24, 2.45) is 0 Å². The maximum Gasteiger partial charge on any atom is 0.0664 e. The van der Waals surface area contributed by atoms with Gasteiger partial charge in [-0.25, -0.2) is 0 Å². The Morgan fingerprint density at radius 2 is 1.94 bits per heavy atom. The Morgan fingerprint density at radius 3 is 2.47 bits per heavy atom. The first kappa shape index (κ1) is 14.8. The normalized spacial score (nSPS) is 13.1. The van der Waals surface area contributed by atoms with Crippen molar-refractivity contribution >= 4 is 23.2 Å². The summed E-state index contributed by atoms with van der Waals surface area (Å²) in [5, 5.41) is 4.53. The maximum absolute atomic E-state index is 6.02. The molecule has 0 heterocycles. The number of benzene rings is 1. The Kier molecular flexibility index (Phi) is 6.28. The lowest BCUT2D eigenvalue weighted by Gasteiger charge is -2.20. The average Bonchev–Trinajstić information content (AvgIpc) is 2.28. The van der Waals surface area contributed by atoms with Crippen LogP contribution in [0.3, 0.4) is 0 Å². The number of likely N-dealkylation sites (N-methyl/N-ethyl adjacent to an activating group) is 1. The molecule has 1 N–H and O–H groups in total. The van der Waals surface area contributed by atoms with Crippen molar-refractivity contribution in [3.63, 3.8) is 0 Å². The number of halogens is 2. The van der Waals surface area contributed by atoms with E-state index in [1.165, 1.54) is 0 Å². The van der Waals surface area contributed by atoms with E-state index >= 15 is 0 Å². The predicted octanol–water partition coefficient (Wildman–Crippen LogP) is 4.07. The van der Waals surface area contributed by atoms with Gasteiger partial charge in [-0.3, -0.25) is 0 Å². The number of nitrogens with one attached hydrogen (secondary N) is 1. The second-order valence-electron chi connectivity index (χ2n) is 4.17. The topological polar surface area (TPSA) is 21.3 Å². The third-order valence-corrected chi connectivity index (χ3v) is 3.13. The average molecular weight is 276 g/mol. The van der Waals surface area contributed by atoms with Crippen molar-refractivity contribution in [2.45, 2.75) is 32.9 Å². The van der Waals surface area contributed by atoms with Crippen molar-refractivity contribution in [3.05, 3.63) is 33.8 Å². The molecular formula is C13H19Cl2NO. The molecule has 0 amide bonds. The minimum absolute atomic E-state index is 0.150. The first-order valence-electron chi connectivity index (χ1n) is 5.84. The summed E-state index contributed by atoms with van der Waals surface area (Å²) >= 11 is 11.9. The molecule has 1 atom stereocenters. The maximum atomic E-state index is 6.02. The lowest BCUT2D eigenvalue weighted by atomic mass is 10.1. The van der Waals surface area contributed by atoms with E-state index in [0.29, 0.717) is 16.7 Å². The summed E-state index contributed by atoms with van der Waals surface area (Å²) < 4.78 is 5.64. The third kappa shape index (κ3) is 4.84. The van der Waals surface area contributed by atoms with Gasteiger partial charge in [-0.1, -0.05) is 36.2 Å². The largest absolute Gasteiger partial charge is 0.377 e. The molecule has 0 fully saturated rings. The highest BCUT2D eigenvalue weighted by atomic mass is 35.5. The molecule has 1 unspecified atom stereocenters. The molecule has 4 heteroatoms. The van der Waals surface area contributed by atoms with E-state index in [9.17, 15) is 0 Å². The Balaban J connectivity index is 2.77. The monoisotopic (exact) mass is 275 g/mol. The molecule has 17 heavy (non-hydrogen) atoms. The zero-order valence-electron chi connectivity index (χ0n) is 10.5. The van der Waals surface area contributed by atoms with Gasteiger partial charge in [0.25, 0.3) is 0 Å². The van der Waals surface area contributed by atoms with Crippen LogP contribution in [0.5, 0.6) is 0 Å². The SMILES string of the molecule is CCNC(COC(C)C)c1ccc(Cl)c(Cl)c1. The molecule has 1 aromatic carbocycles. The van der Waals surface area contributed by atoms with E-state index in [-0.39, 0.29) is 12.1 Å². The van der Waals surface area contributed by atoms with Gasteiger partial charge in [0.1, 0.15) is 0 Å². The smallest absolute Gasteiger partial charge is 0.0664 e. The number of hydrogen-bond acceptors (Lipinski definition) is 2. The van der Waals surface area contributed by atoms with Crippen LogP contribution in [0, 0.1) is 0 Å². The molecular weight excluding hydrogens is 257 g/mol. The number of rotatable bonds is 6. The van der Waals surface area contributed by atoms with Crippen molar-refractivity contribution < 1.29 is 4.74 Å². The number of ether oxygens (including phenoxy) is 1. The van der Waals surface area contributed by atoms with Crippen LogP contribution in [0.25, 0.3) is 0 Å². The lowest BCUT2D eigenvalue weighted by molar-refractivity contribution is 0.0614. The van der Waals surface area contributed by atoms with Crippen molar-refractivity contribution in [1.29, 1.82) is 0 Å². The molecule has 1 rings (SSSR count). The van der Waals surface area contributed by atoms with Gasteiger partial charge >= 0.3 is 0 Å².